The lowest BCUT2D eigenvalue weighted by atomic mass is 10.2. The van der Waals surface area contributed by atoms with Crippen molar-refractivity contribution in [1.82, 2.24) is 24.3 Å². The van der Waals surface area contributed by atoms with Crippen molar-refractivity contribution in [2.24, 2.45) is 0 Å². The van der Waals surface area contributed by atoms with E-state index >= 15 is 0 Å². The molecule has 0 fully saturated rings. The van der Waals surface area contributed by atoms with E-state index < -0.39 is 0 Å². The van der Waals surface area contributed by atoms with E-state index in [1.165, 1.54) is 5.56 Å². The van der Waals surface area contributed by atoms with Gasteiger partial charge in [0.05, 0.1) is 17.6 Å². The van der Waals surface area contributed by atoms with Crippen molar-refractivity contribution in [1.29, 1.82) is 0 Å². The molecule has 0 aliphatic heterocycles. The Kier molecular flexibility index (Phi) is 3.92. The highest BCUT2D eigenvalue weighted by atomic mass is 35.5. The Morgan fingerprint density at radius 2 is 2.10 bits per heavy atom. The second-order valence-corrected chi connectivity index (χ2v) is 5.41. The van der Waals surface area contributed by atoms with Gasteiger partial charge in [0.2, 0.25) is 0 Å². The van der Waals surface area contributed by atoms with Crippen LogP contribution in [0.2, 0.25) is 0 Å². The van der Waals surface area contributed by atoms with E-state index in [2.05, 4.69) is 39.2 Å². The molecule has 3 aromatic rings. The molecule has 0 amide bonds. The molecular weight excluding hydrogens is 286 g/mol. The predicted molar refractivity (Wildman–Crippen MR) is 83.7 cm³/mol. The van der Waals surface area contributed by atoms with Gasteiger partial charge in [0.1, 0.15) is 12.2 Å². The molecule has 0 radical (unpaired) electrons. The molecule has 0 aliphatic rings. The number of halogens is 1. The van der Waals surface area contributed by atoms with Gasteiger partial charge in [-0.25, -0.2) is 4.98 Å². The molecule has 0 aliphatic carbocycles. The molecule has 0 saturated carbocycles. The second-order valence-electron chi connectivity index (χ2n) is 5.03. The van der Waals surface area contributed by atoms with E-state index in [0.717, 1.165) is 35.6 Å². The summed E-state index contributed by atoms with van der Waals surface area (Å²) in [6.45, 7) is 5.72. The van der Waals surface area contributed by atoms with Crippen LogP contribution < -0.4 is 0 Å². The van der Waals surface area contributed by atoms with E-state index in [9.17, 15) is 0 Å². The number of hydrogen-bond donors (Lipinski definition) is 0. The standard InChI is InChI=1S/C15H18ClN5/c1-3-20-10-17-19-14(20)9-21-13(7-8-16)18-12-6-4-5-11(2)15(12)21/h4-6,10H,3,7-9H2,1-2H3. The van der Waals surface area contributed by atoms with E-state index in [4.69, 9.17) is 16.6 Å². The summed E-state index contributed by atoms with van der Waals surface area (Å²) in [6.07, 6.45) is 2.51. The molecule has 6 heteroatoms. The lowest BCUT2D eigenvalue weighted by molar-refractivity contribution is 0.642. The molecule has 0 bridgehead atoms. The van der Waals surface area contributed by atoms with Crippen LogP contribution in [0.3, 0.4) is 0 Å². The molecule has 0 spiro atoms. The van der Waals surface area contributed by atoms with Crippen LogP contribution >= 0.6 is 11.6 Å². The van der Waals surface area contributed by atoms with E-state index in [1.807, 2.05) is 12.1 Å². The fourth-order valence-electron chi connectivity index (χ4n) is 2.67. The van der Waals surface area contributed by atoms with Gasteiger partial charge in [-0.05, 0) is 25.5 Å². The number of para-hydroxylation sites is 1. The Labute approximate surface area is 128 Å². The summed E-state index contributed by atoms with van der Waals surface area (Å²) >= 11 is 5.93. The highest BCUT2D eigenvalue weighted by Gasteiger charge is 2.14. The van der Waals surface area contributed by atoms with Gasteiger partial charge in [-0.3, -0.25) is 0 Å². The van der Waals surface area contributed by atoms with Gasteiger partial charge in [0, 0.05) is 18.8 Å². The van der Waals surface area contributed by atoms with Crippen molar-refractivity contribution in [3.05, 3.63) is 41.7 Å². The summed E-state index contributed by atoms with van der Waals surface area (Å²) in [5.74, 6) is 2.50. The lowest BCUT2D eigenvalue weighted by Gasteiger charge is -2.10. The Balaban J connectivity index is 2.13. The van der Waals surface area contributed by atoms with Gasteiger partial charge in [0.15, 0.2) is 5.82 Å². The molecule has 3 rings (SSSR count). The molecule has 21 heavy (non-hydrogen) atoms. The highest BCUT2D eigenvalue weighted by molar-refractivity contribution is 6.17. The fourth-order valence-corrected chi connectivity index (χ4v) is 2.83. The van der Waals surface area contributed by atoms with Crippen molar-refractivity contribution in [3.63, 3.8) is 0 Å². The zero-order chi connectivity index (χ0) is 14.8. The fraction of sp³-hybridized carbons (Fsp3) is 0.400. The zero-order valence-electron chi connectivity index (χ0n) is 12.3. The summed E-state index contributed by atoms with van der Waals surface area (Å²) in [5.41, 5.74) is 3.38. The van der Waals surface area contributed by atoms with Crippen LogP contribution in [-0.2, 0) is 19.5 Å². The van der Waals surface area contributed by atoms with Crippen LogP contribution in [0.5, 0.6) is 0 Å². The van der Waals surface area contributed by atoms with Gasteiger partial charge in [0.25, 0.3) is 0 Å². The molecule has 2 heterocycles. The Morgan fingerprint density at radius 3 is 2.86 bits per heavy atom. The first-order valence-electron chi connectivity index (χ1n) is 7.12. The molecule has 0 saturated heterocycles. The molecular formula is C15H18ClN5. The maximum atomic E-state index is 5.93. The smallest absolute Gasteiger partial charge is 0.152 e. The molecule has 2 aromatic heterocycles. The number of rotatable bonds is 5. The average molecular weight is 304 g/mol. The van der Waals surface area contributed by atoms with Crippen LogP contribution in [0.25, 0.3) is 11.0 Å². The number of fused-ring (bicyclic) bond motifs is 1. The van der Waals surface area contributed by atoms with Crippen LogP contribution in [-0.4, -0.2) is 30.2 Å². The quantitative estimate of drug-likeness (QED) is 0.681. The molecule has 1 aromatic carbocycles. The summed E-state index contributed by atoms with van der Waals surface area (Å²) in [7, 11) is 0. The van der Waals surface area contributed by atoms with Gasteiger partial charge in [-0.2, -0.15) is 0 Å². The van der Waals surface area contributed by atoms with Crippen molar-refractivity contribution in [2.75, 3.05) is 5.88 Å². The van der Waals surface area contributed by atoms with Gasteiger partial charge in [-0.1, -0.05) is 12.1 Å². The molecule has 5 nitrogen and oxygen atoms in total. The molecule has 110 valence electrons. The van der Waals surface area contributed by atoms with Gasteiger partial charge < -0.3 is 9.13 Å². The number of hydrogen-bond acceptors (Lipinski definition) is 3. The van der Waals surface area contributed by atoms with Crippen molar-refractivity contribution in [3.8, 4) is 0 Å². The highest BCUT2D eigenvalue weighted by Crippen LogP contribution is 2.21. The lowest BCUT2D eigenvalue weighted by Crippen LogP contribution is -2.11. The third kappa shape index (κ3) is 2.53. The van der Waals surface area contributed by atoms with Crippen molar-refractivity contribution >= 4 is 22.6 Å². The third-order valence-electron chi connectivity index (χ3n) is 3.70. The molecule has 0 atom stereocenters. The maximum absolute atomic E-state index is 5.93. The number of alkyl halides is 1. The van der Waals surface area contributed by atoms with E-state index in [-0.39, 0.29) is 0 Å². The van der Waals surface area contributed by atoms with E-state index in [0.29, 0.717) is 12.4 Å². The van der Waals surface area contributed by atoms with Crippen LogP contribution in [0, 0.1) is 6.92 Å². The summed E-state index contributed by atoms with van der Waals surface area (Å²) < 4.78 is 4.26. The molecule has 0 unspecified atom stereocenters. The normalized spacial score (nSPS) is 11.4. The van der Waals surface area contributed by atoms with Crippen molar-refractivity contribution < 1.29 is 0 Å². The Morgan fingerprint density at radius 1 is 1.24 bits per heavy atom. The van der Waals surface area contributed by atoms with E-state index in [1.54, 1.807) is 6.33 Å². The summed E-state index contributed by atoms with van der Waals surface area (Å²) in [4.78, 5) is 4.72. The summed E-state index contributed by atoms with van der Waals surface area (Å²) in [5, 5.41) is 8.24. The summed E-state index contributed by atoms with van der Waals surface area (Å²) in [6, 6.07) is 6.19. The topological polar surface area (TPSA) is 48.5 Å². The first-order chi connectivity index (χ1) is 10.2. The van der Waals surface area contributed by atoms with Crippen LogP contribution in [0.1, 0.15) is 24.1 Å². The number of benzene rings is 1. The number of aryl methyl sites for hydroxylation is 3. The van der Waals surface area contributed by atoms with Gasteiger partial charge in [-0.15, -0.1) is 21.8 Å². The number of aromatic nitrogens is 5. The Hall–Kier alpha value is -1.88. The molecule has 0 N–H and O–H groups in total. The third-order valence-corrected chi connectivity index (χ3v) is 3.89. The number of nitrogens with zero attached hydrogens (tertiary/aromatic N) is 5. The average Bonchev–Trinajstić information content (AvgIpc) is 3.06. The van der Waals surface area contributed by atoms with Crippen molar-refractivity contribution in [2.45, 2.75) is 33.4 Å². The largest absolute Gasteiger partial charge is 0.320 e. The SMILES string of the molecule is CCn1cnnc1Cn1c(CCCl)nc2cccc(C)c21. The predicted octanol–water partition coefficient (Wildman–Crippen LogP) is 2.79. The first-order valence-corrected chi connectivity index (χ1v) is 7.65. The minimum atomic E-state index is 0.558. The first kappa shape index (κ1) is 14.1. The monoisotopic (exact) mass is 303 g/mol. The zero-order valence-corrected chi connectivity index (χ0v) is 13.0. The van der Waals surface area contributed by atoms with Gasteiger partial charge >= 0.3 is 0 Å². The maximum Gasteiger partial charge on any atom is 0.152 e. The Bertz CT molecular complexity index is 759. The van der Waals surface area contributed by atoms with Crippen LogP contribution in [0.4, 0.5) is 0 Å². The minimum absolute atomic E-state index is 0.558. The van der Waals surface area contributed by atoms with Crippen LogP contribution in [0.15, 0.2) is 24.5 Å². The minimum Gasteiger partial charge on any atom is -0.320 e. The number of imidazole rings is 1. The second kappa shape index (κ2) is 5.85.